The van der Waals surface area contributed by atoms with Crippen LogP contribution in [-0.2, 0) is 16.6 Å². The van der Waals surface area contributed by atoms with E-state index in [4.69, 9.17) is 25.5 Å². The summed E-state index contributed by atoms with van der Waals surface area (Å²) >= 11 is 5.63. The highest BCUT2D eigenvalue weighted by molar-refractivity contribution is 7.89. The molecule has 0 fully saturated rings. The van der Waals surface area contributed by atoms with E-state index in [1.165, 1.54) is 32.4 Å². The van der Waals surface area contributed by atoms with Crippen molar-refractivity contribution in [2.24, 2.45) is 0 Å². The van der Waals surface area contributed by atoms with Gasteiger partial charge in [-0.25, -0.2) is 13.1 Å². The fraction of sp³-hybridized carbons (Fsp3) is 0.231. The zero-order valence-electron chi connectivity index (χ0n) is 11.4. The van der Waals surface area contributed by atoms with E-state index in [9.17, 15) is 8.42 Å². The zero-order chi connectivity index (χ0) is 15.5. The number of halogens is 1. The molecule has 6 nitrogen and oxygen atoms in total. The summed E-state index contributed by atoms with van der Waals surface area (Å²) in [7, 11) is -0.781. The van der Waals surface area contributed by atoms with E-state index >= 15 is 0 Å². The highest BCUT2D eigenvalue weighted by Crippen LogP contribution is 2.29. The van der Waals surface area contributed by atoms with Gasteiger partial charge in [-0.3, -0.25) is 0 Å². The van der Waals surface area contributed by atoms with Crippen LogP contribution in [0.2, 0.25) is 5.22 Å². The second-order valence-corrected chi connectivity index (χ2v) is 6.19. The molecule has 0 saturated carbocycles. The summed E-state index contributed by atoms with van der Waals surface area (Å²) in [6.45, 7) is 0.00337. The summed E-state index contributed by atoms with van der Waals surface area (Å²) in [6.07, 6.45) is 0. The number of sulfonamides is 1. The molecule has 0 saturated heterocycles. The van der Waals surface area contributed by atoms with E-state index in [2.05, 4.69) is 4.72 Å². The molecule has 114 valence electrons. The molecule has 0 unspecified atom stereocenters. The van der Waals surface area contributed by atoms with Crippen LogP contribution in [0.4, 0.5) is 0 Å². The number of hydrogen-bond acceptors (Lipinski definition) is 5. The van der Waals surface area contributed by atoms with Crippen LogP contribution in [0.15, 0.2) is 39.6 Å². The van der Waals surface area contributed by atoms with Gasteiger partial charge in [-0.2, -0.15) is 0 Å². The highest BCUT2D eigenvalue weighted by atomic mass is 35.5. The summed E-state index contributed by atoms with van der Waals surface area (Å²) in [5.41, 5.74) is 0. The third-order valence-corrected chi connectivity index (χ3v) is 4.33. The Morgan fingerprint density at radius 2 is 1.86 bits per heavy atom. The lowest BCUT2D eigenvalue weighted by Gasteiger charge is -2.10. The first kappa shape index (κ1) is 15.7. The molecule has 0 aliphatic heterocycles. The van der Waals surface area contributed by atoms with Crippen molar-refractivity contribution in [1.82, 2.24) is 4.72 Å². The van der Waals surface area contributed by atoms with Crippen molar-refractivity contribution in [3.05, 3.63) is 41.3 Å². The van der Waals surface area contributed by atoms with E-state index in [0.29, 0.717) is 17.3 Å². The van der Waals surface area contributed by atoms with Gasteiger partial charge in [0.25, 0.3) is 0 Å². The number of rotatable bonds is 6. The molecule has 0 aliphatic rings. The predicted octanol–water partition coefficient (Wildman–Crippen LogP) is 2.43. The van der Waals surface area contributed by atoms with Crippen LogP contribution >= 0.6 is 11.6 Å². The van der Waals surface area contributed by atoms with Gasteiger partial charge in [-0.15, -0.1) is 0 Å². The molecule has 0 atom stereocenters. The van der Waals surface area contributed by atoms with Gasteiger partial charge in [-0.05, 0) is 35.9 Å². The molecule has 2 rings (SSSR count). The topological polar surface area (TPSA) is 77.8 Å². The monoisotopic (exact) mass is 331 g/mol. The molecule has 0 radical (unpaired) electrons. The first-order valence-electron chi connectivity index (χ1n) is 5.92. The minimum Gasteiger partial charge on any atom is -0.493 e. The number of methoxy groups -OCH3 is 2. The van der Waals surface area contributed by atoms with Crippen molar-refractivity contribution < 1.29 is 22.3 Å². The van der Waals surface area contributed by atoms with Crippen LogP contribution in [0.25, 0.3) is 0 Å². The summed E-state index contributed by atoms with van der Waals surface area (Å²) < 4.78 is 42.1. The lowest BCUT2D eigenvalue weighted by atomic mass is 10.3. The molecule has 1 heterocycles. The van der Waals surface area contributed by atoms with Crippen molar-refractivity contribution in [2.45, 2.75) is 11.4 Å². The van der Waals surface area contributed by atoms with E-state index in [-0.39, 0.29) is 16.7 Å². The summed E-state index contributed by atoms with van der Waals surface area (Å²) in [4.78, 5) is 0.0674. The molecule has 1 aromatic heterocycles. The second-order valence-electron chi connectivity index (χ2n) is 4.05. The Kier molecular flexibility index (Phi) is 4.76. The van der Waals surface area contributed by atoms with Crippen molar-refractivity contribution in [3.8, 4) is 11.5 Å². The quantitative estimate of drug-likeness (QED) is 0.879. The number of ether oxygens (including phenoxy) is 2. The molecular weight excluding hydrogens is 318 g/mol. The Morgan fingerprint density at radius 1 is 1.14 bits per heavy atom. The number of nitrogens with one attached hydrogen (secondary N) is 1. The molecule has 8 heteroatoms. The van der Waals surface area contributed by atoms with E-state index < -0.39 is 10.0 Å². The Morgan fingerprint density at radius 3 is 2.43 bits per heavy atom. The number of furan rings is 1. The van der Waals surface area contributed by atoms with Gasteiger partial charge in [0, 0.05) is 6.07 Å². The largest absolute Gasteiger partial charge is 0.493 e. The molecule has 2 aromatic rings. The average molecular weight is 332 g/mol. The third kappa shape index (κ3) is 3.69. The fourth-order valence-corrected chi connectivity index (χ4v) is 2.85. The van der Waals surface area contributed by atoms with Crippen molar-refractivity contribution in [2.75, 3.05) is 14.2 Å². The van der Waals surface area contributed by atoms with Crippen LogP contribution in [0.3, 0.4) is 0 Å². The van der Waals surface area contributed by atoms with Gasteiger partial charge < -0.3 is 13.9 Å². The standard InChI is InChI=1S/C13H14ClNO5S/c1-18-11-5-4-10(7-12(11)19-2)21(16,17)15-8-9-3-6-13(14)20-9/h3-7,15H,8H2,1-2H3. The molecule has 21 heavy (non-hydrogen) atoms. The molecule has 0 aliphatic carbocycles. The number of hydrogen-bond donors (Lipinski definition) is 1. The third-order valence-electron chi connectivity index (χ3n) is 2.73. The van der Waals surface area contributed by atoms with Crippen molar-refractivity contribution >= 4 is 21.6 Å². The van der Waals surface area contributed by atoms with Crippen molar-refractivity contribution in [3.63, 3.8) is 0 Å². The van der Waals surface area contributed by atoms with Gasteiger partial charge in [0.15, 0.2) is 16.7 Å². The summed E-state index contributed by atoms with van der Waals surface area (Å²) in [5, 5.41) is 0.204. The van der Waals surface area contributed by atoms with E-state index in [1.54, 1.807) is 12.1 Å². The van der Waals surface area contributed by atoms with Gasteiger partial charge in [0.2, 0.25) is 10.0 Å². The SMILES string of the molecule is COc1ccc(S(=O)(=O)NCc2ccc(Cl)o2)cc1OC. The fourth-order valence-electron chi connectivity index (χ4n) is 1.68. The second kappa shape index (κ2) is 6.38. The van der Waals surface area contributed by atoms with Crippen LogP contribution in [0.5, 0.6) is 11.5 Å². The van der Waals surface area contributed by atoms with Crippen LogP contribution < -0.4 is 14.2 Å². The smallest absolute Gasteiger partial charge is 0.241 e. The van der Waals surface area contributed by atoms with Gasteiger partial charge in [0.05, 0.1) is 25.7 Å². The predicted molar refractivity (Wildman–Crippen MR) is 77.3 cm³/mol. The molecule has 1 aromatic carbocycles. The first-order valence-corrected chi connectivity index (χ1v) is 7.78. The van der Waals surface area contributed by atoms with Gasteiger partial charge >= 0.3 is 0 Å². The van der Waals surface area contributed by atoms with E-state index in [1.807, 2.05) is 0 Å². The first-order chi connectivity index (χ1) is 9.96. The Labute approximate surface area is 127 Å². The summed E-state index contributed by atoms with van der Waals surface area (Å²) in [5.74, 6) is 1.21. The minimum atomic E-state index is -3.70. The maximum atomic E-state index is 12.2. The Balaban J connectivity index is 2.19. The van der Waals surface area contributed by atoms with Gasteiger partial charge in [0.1, 0.15) is 5.76 Å². The Bertz CT molecular complexity index is 726. The maximum Gasteiger partial charge on any atom is 0.241 e. The Hall–Kier alpha value is -1.70. The maximum absolute atomic E-state index is 12.2. The lowest BCUT2D eigenvalue weighted by Crippen LogP contribution is -2.23. The lowest BCUT2D eigenvalue weighted by molar-refractivity contribution is 0.354. The molecule has 0 bridgehead atoms. The molecular formula is C13H14ClNO5S. The number of benzene rings is 1. The van der Waals surface area contributed by atoms with Crippen LogP contribution in [0, 0.1) is 0 Å². The summed E-state index contributed by atoms with van der Waals surface area (Å²) in [6, 6.07) is 7.48. The average Bonchev–Trinajstić information content (AvgIpc) is 2.90. The minimum absolute atomic E-state index is 0.00337. The highest BCUT2D eigenvalue weighted by Gasteiger charge is 2.17. The molecule has 0 amide bonds. The van der Waals surface area contributed by atoms with Gasteiger partial charge in [-0.1, -0.05) is 0 Å². The zero-order valence-corrected chi connectivity index (χ0v) is 13.0. The molecule has 0 spiro atoms. The van der Waals surface area contributed by atoms with E-state index in [0.717, 1.165) is 0 Å². The van der Waals surface area contributed by atoms with Crippen LogP contribution in [0.1, 0.15) is 5.76 Å². The molecule has 1 N–H and O–H groups in total. The van der Waals surface area contributed by atoms with Crippen molar-refractivity contribution in [1.29, 1.82) is 0 Å². The normalized spacial score (nSPS) is 11.4. The van der Waals surface area contributed by atoms with Crippen LogP contribution in [-0.4, -0.2) is 22.6 Å².